The molecule has 7 rings (SSSR count). The van der Waals surface area contributed by atoms with Gasteiger partial charge in [-0.15, -0.1) is 11.3 Å². The van der Waals surface area contributed by atoms with Gasteiger partial charge in [0.25, 0.3) is 11.5 Å². The zero-order valence-electron chi connectivity index (χ0n) is 42.8. The van der Waals surface area contributed by atoms with Gasteiger partial charge in [-0.05, 0) is 70.4 Å². The molecule has 398 valence electrons. The molecule has 3 amide bonds. The van der Waals surface area contributed by atoms with E-state index in [9.17, 15) is 24.0 Å². The minimum absolute atomic E-state index is 0.00850. The lowest BCUT2D eigenvalue weighted by atomic mass is 10.0. The number of anilines is 5. The molecule has 21 nitrogen and oxygen atoms in total. The van der Waals surface area contributed by atoms with Crippen LogP contribution in [0.1, 0.15) is 88.3 Å². The number of aryl methyl sites for hydroxylation is 3. The number of thiazole rings is 1. The van der Waals surface area contributed by atoms with Gasteiger partial charge in [-0.3, -0.25) is 33.9 Å². The van der Waals surface area contributed by atoms with Crippen LogP contribution in [0.15, 0.2) is 53.6 Å². The van der Waals surface area contributed by atoms with E-state index in [1.165, 1.54) is 18.3 Å². The summed E-state index contributed by atoms with van der Waals surface area (Å²) in [7, 11) is 0. The maximum atomic E-state index is 13.6. The van der Waals surface area contributed by atoms with Crippen molar-refractivity contribution in [3.63, 3.8) is 0 Å². The van der Waals surface area contributed by atoms with Crippen molar-refractivity contribution in [3.05, 3.63) is 86.4 Å². The summed E-state index contributed by atoms with van der Waals surface area (Å²) < 4.78 is 35.1. The van der Waals surface area contributed by atoms with E-state index in [1.807, 2.05) is 30.9 Å². The Balaban J connectivity index is 0.656. The van der Waals surface area contributed by atoms with E-state index in [-0.39, 0.29) is 53.7 Å². The molecule has 1 aromatic carbocycles. The number of pyridine rings is 2. The lowest BCUT2D eigenvalue weighted by Gasteiger charge is -2.36. The van der Waals surface area contributed by atoms with Crippen LogP contribution in [0.5, 0.6) is 0 Å². The molecule has 1 saturated heterocycles. The second-order valence-electron chi connectivity index (χ2n) is 17.9. The van der Waals surface area contributed by atoms with E-state index in [2.05, 4.69) is 35.8 Å². The van der Waals surface area contributed by atoms with Crippen molar-refractivity contribution in [3.8, 4) is 0 Å². The van der Waals surface area contributed by atoms with Crippen LogP contribution in [0.2, 0.25) is 0 Å². The minimum Gasteiger partial charge on any atom is -0.379 e. The van der Waals surface area contributed by atoms with E-state index < -0.39 is 0 Å². The Labute approximate surface area is 434 Å². The number of amides is 3. The smallest absolute Gasteiger partial charge is 0.263 e. The first kappa shape index (κ1) is 55.5. The molecular weight excluding hydrogens is 973 g/mol. The second kappa shape index (κ2) is 28.4. The quantitative estimate of drug-likeness (QED) is 0.0365. The summed E-state index contributed by atoms with van der Waals surface area (Å²) in [6.45, 7) is 14.0. The maximum Gasteiger partial charge on any atom is 0.263 e. The Hall–Kier alpha value is -6.27. The number of carbonyl (C=O) groups excluding carboxylic acids is 4. The molecule has 4 aromatic heterocycles. The summed E-state index contributed by atoms with van der Waals surface area (Å²) in [6.07, 6.45) is 7.66. The average Bonchev–Trinajstić information content (AvgIpc) is 4.04. The van der Waals surface area contributed by atoms with Gasteiger partial charge in [-0.1, -0.05) is 25.0 Å². The third-order valence-corrected chi connectivity index (χ3v) is 13.7. The number of para-hydroxylation sites is 1. The SMILES string of the molecule is CC(=O)c1c(C)c2cnc(Nc3ccc(N4CCN(C(=O)CCOCCOCCOCCOCCOCCOCCC(=O)Nc5ccccc5C(=O)Nc5nc(C)c(C)s5)CC4)cn3)nc2n(C2CCCC2)c1=O. The van der Waals surface area contributed by atoms with Crippen molar-refractivity contribution in [2.75, 3.05) is 126 Å². The molecular formula is C52H68N10O11S. The number of Topliss-reactive ketones (excluding diaryl/α,β-unsaturated/α-hetero) is 1. The molecule has 5 aromatic rings. The number of carbonyl (C=O) groups is 4. The number of ketones is 1. The molecule has 2 aliphatic rings. The molecule has 0 bridgehead atoms. The van der Waals surface area contributed by atoms with Gasteiger partial charge < -0.3 is 48.9 Å². The van der Waals surface area contributed by atoms with Crippen LogP contribution in [-0.2, 0) is 38.0 Å². The molecule has 2 fully saturated rings. The number of nitrogens with zero attached hydrogens (tertiary/aromatic N) is 7. The fourth-order valence-electron chi connectivity index (χ4n) is 8.66. The molecule has 1 aliphatic heterocycles. The van der Waals surface area contributed by atoms with E-state index in [0.717, 1.165) is 41.9 Å². The van der Waals surface area contributed by atoms with Crippen LogP contribution >= 0.6 is 11.3 Å². The van der Waals surface area contributed by atoms with Crippen LogP contribution in [-0.4, -0.2) is 158 Å². The predicted molar refractivity (Wildman–Crippen MR) is 281 cm³/mol. The van der Waals surface area contributed by atoms with Gasteiger partial charge in [0, 0.05) is 48.7 Å². The number of fused-ring (bicyclic) bond motifs is 1. The normalized spacial score (nSPS) is 13.9. The van der Waals surface area contributed by atoms with Crippen LogP contribution in [0.3, 0.4) is 0 Å². The Morgan fingerprint density at radius 1 is 0.703 bits per heavy atom. The molecule has 22 heteroatoms. The number of aromatic nitrogens is 5. The fourth-order valence-corrected chi connectivity index (χ4v) is 9.47. The topological polar surface area (TPSA) is 240 Å². The molecule has 1 saturated carbocycles. The summed E-state index contributed by atoms with van der Waals surface area (Å²) in [5.74, 6) is 0.0454. The zero-order valence-corrected chi connectivity index (χ0v) is 43.6. The van der Waals surface area contributed by atoms with Crippen molar-refractivity contribution < 1.29 is 47.6 Å². The number of rotatable bonds is 29. The minimum atomic E-state index is -0.348. The average molecular weight is 1040 g/mol. The Morgan fingerprint density at radius 2 is 1.31 bits per heavy atom. The number of hydrogen-bond donors (Lipinski definition) is 3. The molecule has 0 unspecified atom stereocenters. The molecule has 5 heterocycles. The summed E-state index contributed by atoms with van der Waals surface area (Å²) >= 11 is 1.40. The molecule has 1 aliphatic carbocycles. The number of nitrogens with one attached hydrogen (secondary N) is 3. The molecule has 74 heavy (non-hydrogen) atoms. The fraction of sp³-hybridized carbons (Fsp3) is 0.519. The van der Waals surface area contributed by atoms with Crippen molar-refractivity contribution in [2.24, 2.45) is 0 Å². The molecule has 0 radical (unpaired) electrons. The third-order valence-electron chi connectivity index (χ3n) is 12.7. The van der Waals surface area contributed by atoms with Crippen LogP contribution < -0.4 is 26.4 Å². The first-order chi connectivity index (χ1) is 36.0. The van der Waals surface area contributed by atoms with Gasteiger partial charge in [0.2, 0.25) is 17.8 Å². The zero-order chi connectivity index (χ0) is 52.2. The van der Waals surface area contributed by atoms with E-state index in [4.69, 9.17) is 33.4 Å². The van der Waals surface area contributed by atoms with Gasteiger partial charge in [-0.25, -0.2) is 15.0 Å². The van der Waals surface area contributed by atoms with Gasteiger partial charge in [0.05, 0.1) is 127 Å². The third kappa shape index (κ3) is 15.9. The summed E-state index contributed by atoms with van der Waals surface area (Å²) in [6, 6.07) is 10.6. The summed E-state index contributed by atoms with van der Waals surface area (Å²) in [5, 5.41) is 9.97. The highest BCUT2D eigenvalue weighted by atomic mass is 32.1. The maximum absolute atomic E-state index is 13.6. The highest BCUT2D eigenvalue weighted by Crippen LogP contribution is 2.32. The predicted octanol–water partition coefficient (Wildman–Crippen LogP) is 6.05. The molecule has 3 N–H and O–H groups in total. The Morgan fingerprint density at radius 3 is 1.89 bits per heavy atom. The number of hydrogen-bond acceptors (Lipinski definition) is 18. The molecule has 0 atom stereocenters. The highest BCUT2D eigenvalue weighted by Gasteiger charge is 2.27. The standard InChI is InChI=1S/C52H68N10O11S/c1-35-42-34-54-51(58-48(42)62(39-9-5-6-10-39)50(67)47(35)37(3)63)57-44-14-13-40(33-53-44)60-17-19-61(20-18-60)46(65)16-22-69-24-26-71-28-30-73-32-31-72-29-27-70-25-23-68-21-15-45(64)56-43-12-8-7-11-41(43)49(66)59-52-55-36(2)38(4)74-52/h7-8,11-14,33-34,39H,5-6,9-10,15-32H2,1-4H3,(H,56,64)(H,55,59,66)(H,53,54,57,58). The Kier molecular flexibility index (Phi) is 21.3. The van der Waals surface area contributed by atoms with Crippen LogP contribution in [0.25, 0.3) is 11.0 Å². The van der Waals surface area contributed by atoms with Crippen LogP contribution in [0.4, 0.5) is 28.3 Å². The van der Waals surface area contributed by atoms with Crippen LogP contribution in [0, 0.1) is 20.8 Å². The Bertz CT molecular complexity index is 2700. The van der Waals surface area contributed by atoms with E-state index in [0.29, 0.717) is 150 Å². The number of benzene rings is 1. The van der Waals surface area contributed by atoms with Crippen molar-refractivity contribution >= 4 is 74.1 Å². The molecule has 0 spiro atoms. The first-order valence-electron chi connectivity index (χ1n) is 25.3. The van der Waals surface area contributed by atoms with Crippen molar-refractivity contribution in [1.82, 2.24) is 29.4 Å². The summed E-state index contributed by atoms with van der Waals surface area (Å²) in [4.78, 5) is 87.6. The van der Waals surface area contributed by atoms with Gasteiger partial charge in [0.15, 0.2) is 10.9 Å². The first-order valence-corrected chi connectivity index (χ1v) is 26.1. The van der Waals surface area contributed by atoms with Gasteiger partial charge in [-0.2, -0.15) is 4.98 Å². The number of ether oxygens (including phenoxy) is 6. The van der Waals surface area contributed by atoms with Gasteiger partial charge in [0.1, 0.15) is 11.5 Å². The lowest BCUT2D eigenvalue weighted by molar-refractivity contribution is -0.132. The lowest BCUT2D eigenvalue weighted by Crippen LogP contribution is -2.49. The monoisotopic (exact) mass is 1040 g/mol. The van der Waals surface area contributed by atoms with Crippen molar-refractivity contribution in [1.29, 1.82) is 0 Å². The highest BCUT2D eigenvalue weighted by molar-refractivity contribution is 7.15. The van der Waals surface area contributed by atoms with E-state index in [1.54, 1.807) is 48.1 Å². The van der Waals surface area contributed by atoms with Crippen molar-refractivity contribution in [2.45, 2.75) is 72.3 Å². The number of piperazine rings is 1. The van der Waals surface area contributed by atoms with Gasteiger partial charge >= 0.3 is 0 Å². The summed E-state index contributed by atoms with van der Waals surface area (Å²) in [5.41, 5.74) is 3.59. The van der Waals surface area contributed by atoms with E-state index >= 15 is 0 Å². The second-order valence-corrected chi connectivity index (χ2v) is 19.1. The largest absolute Gasteiger partial charge is 0.379 e.